The zero-order valence-electron chi connectivity index (χ0n) is 12.7. The van der Waals surface area contributed by atoms with Gasteiger partial charge in [-0.1, -0.05) is 0 Å². The number of furan rings is 1. The van der Waals surface area contributed by atoms with E-state index < -0.39 is 0 Å². The molecule has 0 saturated heterocycles. The highest BCUT2D eigenvalue weighted by Gasteiger charge is 2.22. The fourth-order valence-corrected chi connectivity index (χ4v) is 3.34. The van der Waals surface area contributed by atoms with E-state index in [1.165, 1.54) is 0 Å². The van der Waals surface area contributed by atoms with Crippen LogP contribution in [0.1, 0.15) is 56.0 Å². The summed E-state index contributed by atoms with van der Waals surface area (Å²) in [5.41, 5.74) is 2.54. The summed E-state index contributed by atoms with van der Waals surface area (Å²) in [7, 11) is 0. The molecule has 108 valence electrons. The summed E-state index contributed by atoms with van der Waals surface area (Å²) in [6, 6.07) is -0.0530. The van der Waals surface area contributed by atoms with Gasteiger partial charge in [0.05, 0.1) is 22.3 Å². The highest BCUT2D eigenvalue weighted by molar-refractivity contribution is 7.11. The summed E-state index contributed by atoms with van der Waals surface area (Å²) in [5, 5.41) is 4.05. The van der Waals surface area contributed by atoms with Crippen molar-refractivity contribution in [1.82, 2.24) is 10.3 Å². The van der Waals surface area contributed by atoms with Crippen molar-refractivity contribution in [2.75, 3.05) is 0 Å². The lowest BCUT2D eigenvalue weighted by Crippen LogP contribution is -2.27. The van der Waals surface area contributed by atoms with Gasteiger partial charge in [0.2, 0.25) is 0 Å². The largest absolute Gasteiger partial charge is 0.466 e. The predicted octanol–water partition coefficient (Wildman–Crippen LogP) is 3.77. The highest BCUT2D eigenvalue weighted by atomic mass is 32.1. The minimum absolute atomic E-state index is 0.0530. The van der Waals surface area contributed by atoms with Crippen molar-refractivity contribution >= 4 is 17.2 Å². The first kappa shape index (κ1) is 14.8. The van der Waals surface area contributed by atoms with Crippen LogP contribution in [-0.2, 0) is 0 Å². The fourth-order valence-electron chi connectivity index (χ4n) is 2.41. The first-order chi connectivity index (χ1) is 9.31. The van der Waals surface area contributed by atoms with E-state index in [9.17, 15) is 4.79 Å². The Bertz CT molecular complexity index is 655. The Morgan fingerprint density at radius 2 is 1.85 bits per heavy atom. The van der Waals surface area contributed by atoms with Gasteiger partial charge in [0.15, 0.2) is 0 Å². The zero-order chi connectivity index (χ0) is 15.0. The van der Waals surface area contributed by atoms with Gasteiger partial charge in [-0.15, -0.1) is 11.3 Å². The van der Waals surface area contributed by atoms with Gasteiger partial charge in [-0.2, -0.15) is 0 Å². The lowest BCUT2D eigenvalue weighted by molar-refractivity contribution is 0.0938. The maximum Gasteiger partial charge on any atom is 0.255 e. The van der Waals surface area contributed by atoms with E-state index in [-0.39, 0.29) is 11.9 Å². The van der Waals surface area contributed by atoms with Crippen LogP contribution in [0.15, 0.2) is 4.42 Å². The lowest BCUT2D eigenvalue weighted by Gasteiger charge is -2.13. The van der Waals surface area contributed by atoms with E-state index in [0.717, 1.165) is 26.9 Å². The fraction of sp³-hybridized carbons (Fsp3) is 0.467. The SMILES string of the molecule is Cc1nc(C)c(C(C)NC(=O)c2c(C)oc(C)c2C)s1. The summed E-state index contributed by atoms with van der Waals surface area (Å²) >= 11 is 1.62. The van der Waals surface area contributed by atoms with Crippen molar-refractivity contribution < 1.29 is 9.21 Å². The molecule has 2 aromatic rings. The average molecular weight is 292 g/mol. The third-order valence-electron chi connectivity index (χ3n) is 3.47. The maximum absolute atomic E-state index is 12.4. The van der Waals surface area contributed by atoms with Crippen molar-refractivity contribution in [3.8, 4) is 0 Å². The second-order valence-corrected chi connectivity index (χ2v) is 6.33. The molecule has 0 bridgehead atoms. The Balaban J connectivity index is 2.21. The summed E-state index contributed by atoms with van der Waals surface area (Å²) in [5.74, 6) is 1.38. The molecule has 1 unspecified atom stereocenters. The molecule has 0 fully saturated rings. The van der Waals surface area contributed by atoms with Crippen molar-refractivity contribution in [1.29, 1.82) is 0 Å². The number of hydrogen-bond donors (Lipinski definition) is 1. The molecular weight excluding hydrogens is 272 g/mol. The topological polar surface area (TPSA) is 55.1 Å². The van der Waals surface area contributed by atoms with Crippen molar-refractivity contribution in [3.05, 3.63) is 38.2 Å². The minimum atomic E-state index is -0.0881. The number of carbonyl (C=O) groups is 1. The van der Waals surface area contributed by atoms with Crippen LogP contribution in [0.5, 0.6) is 0 Å². The molecular formula is C15H20N2O2S. The normalized spacial score (nSPS) is 12.5. The molecule has 5 heteroatoms. The molecule has 0 radical (unpaired) electrons. The van der Waals surface area contributed by atoms with Crippen molar-refractivity contribution in [2.45, 2.75) is 47.6 Å². The van der Waals surface area contributed by atoms with E-state index in [0.29, 0.717) is 11.3 Å². The molecule has 4 nitrogen and oxygen atoms in total. The number of nitrogens with one attached hydrogen (secondary N) is 1. The molecule has 1 N–H and O–H groups in total. The van der Waals surface area contributed by atoms with E-state index in [1.54, 1.807) is 11.3 Å². The van der Waals surface area contributed by atoms with Crippen LogP contribution in [0.2, 0.25) is 0 Å². The van der Waals surface area contributed by atoms with Gasteiger partial charge in [-0.05, 0) is 41.5 Å². The molecule has 1 atom stereocenters. The number of rotatable bonds is 3. The molecule has 0 saturated carbocycles. The molecule has 2 aromatic heterocycles. The van der Waals surface area contributed by atoms with E-state index in [1.807, 2.05) is 41.5 Å². The lowest BCUT2D eigenvalue weighted by atomic mass is 10.1. The average Bonchev–Trinajstić information content (AvgIpc) is 2.79. The molecule has 0 spiro atoms. The Hall–Kier alpha value is -1.62. The van der Waals surface area contributed by atoms with E-state index in [4.69, 9.17) is 4.42 Å². The molecule has 20 heavy (non-hydrogen) atoms. The molecule has 2 heterocycles. The Kier molecular flexibility index (Phi) is 3.99. The quantitative estimate of drug-likeness (QED) is 0.937. The van der Waals surface area contributed by atoms with E-state index >= 15 is 0 Å². The van der Waals surface area contributed by atoms with E-state index in [2.05, 4.69) is 10.3 Å². The summed E-state index contributed by atoms with van der Waals surface area (Å²) in [4.78, 5) is 17.9. The number of amides is 1. The Labute approximate surface area is 123 Å². The van der Waals surface area contributed by atoms with Gasteiger partial charge >= 0.3 is 0 Å². The van der Waals surface area contributed by atoms with Crippen LogP contribution in [0, 0.1) is 34.6 Å². The van der Waals surface area contributed by atoms with Crippen molar-refractivity contribution in [3.63, 3.8) is 0 Å². The van der Waals surface area contributed by atoms with Crippen LogP contribution in [0.4, 0.5) is 0 Å². The first-order valence-electron chi connectivity index (χ1n) is 6.62. The molecule has 0 aliphatic rings. The number of thiazole rings is 1. The molecule has 0 aliphatic heterocycles. The molecule has 2 rings (SSSR count). The predicted molar refractivity (Wildman–Crippen MR) is 80.4 cm³/mol. The number of aryl methyl sites for hydroxylation is 4. The number of aromatic nitrogens is 1. The highest BCUT2D eigenvalue weighted by Crippen LogP contribution is 2.26. The van der Waals surface area contributed by atoms with Crippen LogP contribution >= 0.6 is 11.3 Å². The van der Waals surface area contributed by atoms with Gasteiger partial charge in [0, 0.05) is 10.4 Å². The van der Waals surface area contributed by atoms with Crippen LogP contribution < -0.4 is 5.32 Å². The molecule has 0 aliphatic carbocycles. The standard InChI is InChI=1S/C15H20N2O2S/c1-7-10(4)19-11(5)13(7)15(18)17-9(3)14-8(2)16-12(6)20-14/h9H,1-6H3,(H,17,18). The van der Waals surface area contributed by atoms with Gasteiger partial charge in [0.25, 0.3) is 5.91 Å². The first-order valence-corrected chi connectivity index (χ1v) is 7.44. The second-order valence-electron chi connectivity index (χ2n) is 5.09. The Morgan fingerprint density at radius 3 is 2.30 bits per heavy atom. The number of carbonyl (C=O) groups excluding carboxylic acids is 1. The van der Waals surface area contributed by atoms with Crippen LogP contribution in [0.25, 0.3) is 0 Å². The summed E-state index contributed by atoms with van der Waals surface area (Å²) in [6.45, 7) is 11.5. The van der Waals surface area contributed by atoms with Gasteiger partial charge < -0.3 is 9.73 Å². The van der Waals surface area contributed by atoms with Gasteiger partial charge in [-0.25, -0.2) is 4.98 Å². The molecule has 0 aromatic carbocycles. The third-order valence-corrected chi connectivity index (χ3v) is 4.72. The van der Waals surface area contributed by atoms with Gasteiger partial charge in [0.1, 0.15) is 11.5 Å². The molecule has 1 amide bonds. The van der Waals surface area contributed by atoms with Crippen LogP contribution in [0.3, 0.4) is 0 Å². The maximum atomic E-state index is 12.4. The zero-order valence-corrected chi connectivity index (χ0v) is 13.6. The number of hydrogen-bond acceptors (Lipinski definition) is 4. The van der Waals surface area contributed by atoms with Gasteiger partial charge in [-0.3, -0.25) is 4.79 Å². The number of nitrogens with zero attached hydrogens (tertiary/aromatic N) is 1. The van der Waals surface area contributed by atoms with Crippen molar-refractivity contribution in [2.24, 2.45) is 0 Å². The summed E-state index contributed by atoms with van der Waals surface area (Å²) < 4.78 is 5.51. The third kappa shape index (κ3) is 2.63. The van der Waals surface area contributed by atoms with Crippen LogP contribution in [-0.4, -0.2) is 10.9 Å². The second kappa shape index (κ2) is 5.40. The smallest absolute Gasteiger partial charge is 0.255 e. The monoisotopic (exact) mass is 292 g/mol. The minimum Gasteiger partial charge on any atom is -0.466 e. The summed E-state index contributed by atoms with van der Waals surface area (Å²) in [6.07, 6.45) is 0. The Morgan fingerprint density at radius 1 is 1.20 bits per heavy atom.